The summed E-state index contributed by atoms with van der Waals surface area (Å²) >= 11 is 0. The van der Waals surface area contributed by atoms with E-state index in [0.717, 1.165) is 10.4 Å². The van der Waals surface area contributed by atoms with Gasteiger partial charge in [0, 0.05) is 5.69 Å². The van der Waals surface area contributed by atoms with Gasteiger partial charge >= 0.3 is 0 Å². The third kappa shape index (κ3) is 31.8. The lowest BCUT2D eigenvalue weighted by atomic mass is 10.3. The van der Waals surface area contributed by atoms with Gasteiger partial charge in [0.1, 0.15) is 10.4 Å². The highest BCUT2D eigenvalue weighted by molar-refractivity contribution is 6.15. The number of benzene rings is 1. The van der Waals surface area contributed by atoms with Gasteiger partial charge in [-0.1, -0.05) is 18.2 Å². The number of nitrogens with zero attached hydrogens (tertiary/aromatic N) is 3. The standard InChI is InChI=1S/C6H9NSi.3HNO2/c8-7-6-4-2-1-3-5-6;3*2-1-3/h1-5,7H,8H3;3*(H,2,3). The van der Waals surface area contributed by atoms with E-state index in [1.54, 1.807) is 0 Å². The molecular weight excluding hydrogens is 252 g/mol. The minimum absolute atomic E-state index is 1.03. The summed E-state index contributed by atoms with van der Waals surface area (Å²) in [5.74, 6) is 0. The highest BCUT2D eigenvalue weighted by Gasteiger charge is 1.77. The third-order valence-corrected chi connectivity index (χ3v) is 1.64. The molecule has 0 fully saturated rings. The maximum absolute atomic E-state index is 8.11. The Morgan fingerprint density at radius 3 is 1.35 bits per heavy atom. The molecule has 0 aliphatic heterocycles. The normalized spacial score (nSPS) is 6.35. The molecule has 0 bridgehead atoms. The van der Waals surface area contributed by atoms with Crippen LogP contribution in [0.5, 0.6) is 0 Å². The van der Waals surface area contributed by atoms with Crippen LogP contribution in [-0.4, -0.2) is 26.0 Å². The fourth-order valence-electron chi connectivity index (χ4n) is 0.605. The van der Waals surface area contributed by atoms with E-state index in [4.69, 9.17) is 30.3 Å². The summed E-state index contributed by atoms with van der Waals surface area (Å²) in [6.45, 7) is 0. The van der Waals surface area contributed by atoms with Crippen molar-refractivity contribution < 1.29 is 15.6 Å². The second kappa shape index (κ2) is 23.3. The van der Waals surface area contributed by atoms with Crippen LogP contribution in [0.15, 0.2) is 46.4 Å². The zero-order valence-corrected chi connectivity index (χ0v) is 10.8. The molecule has 4 N–H and O–H groups in total. The molecular formula is C6H12N4O6Si. The molecule has 0 saturated carbocycles. The van der Waals surface area contributed by atoms with Gasteiger partial charge in [-0.05, 0) is 12.1 Å². The van der Waals surface area contributed by atoms with Gasteiger partial charge in [-0.15, -0.1) is 14.7 Å². The topological polar surface area (TPSA) is 161 Å². The van der Waals surface area contributed by atoms with E-state index in [1.807, 2.05) is 18.2 Å². The Morgan fingerprint density at radius 1 is 0.882 bits per heavy atom. The first-order chi connectivity index (χ1) is 8.17. The van der Waals surface area contributed by atoms with Crippen LogP contribution in [0.1, 0.15) is 0 Å². The van der Waals surface area contributed by atoms with Crippen molar-refractivity contribution in [3.05, 3.63) is 45.1 Å². The first kappa shape index (κ1) is 19.9. The van der Waals surface area contributed by atoms with Crippen molar-refractivity contribution in [2.75, 3.05) is 4.98 Å². The number of rotatable bonds is 1. The average Bonchev–Trinajstić information content (AvgIpc) is 2.33. The molecule has 0 atom stereocenters. The van der Waals surface area contributed by atoms with E-state index in [9.17, 15) is 0 Å². The molecule has 0 saturated heterocycles. The summed E-state index contributed by atoms with van der Waals surface area (Å²) in [5.41, 5.74) is 1.22. The zero-order chi connectivity index (χ0) is 13.9. The molecule has 0 radical (unpaired) electrons. The summed E-state index contributed by atoms with van der Waals surface area (Å²) in [6.07, 6.45) is 0. The molecule has 11 heteroatoms. The van der Waals surface area contributed by atoms with Gasteiger partial charge < -0.3 is 20.6 Å². The Kier molecular flexibility index (Phi) is 27.4. The minimum atomic E-state index is 1.03. The summed E-state index contributed by atoms with van der Waals surface area (Å²) in [7, 11) is 1.03. The fraction of sp³-hybridized carbons (Fsp3) is 0. The molecule has 0 aliphatic carbocycles. The predicted octanol–water partition coefficient (Wildman–Crippen LogP) is 0.805. The minimum Gasteiger partial charge on any atom is -0.419 e. The third-order valence-electron chi connectivity index (χ3n) is 1.06. The second-order valence-corrected chi connectivity index (χ2v) is 2.36. The number of para-hydroxylation sites is 1. The van der Waals surface area contributed by atoms with Crippen LogP contribution in [0.4, 0.5) is 5.69 Å². The quantitative estimate of drug-likeness (QED) is 0.331. The highest BCUT2D eigenvalue weighted by Crippen LogP contribution is 2.01. The van der Waals surface area contributed by atoms with E-state index in [2.05, 4.69) is 17.1 Å². The van der Waals surface area contributed by atoms with Crippen molar-refractivity contribution in [3.8, 4) is 0 Å². The van der Waals surface area contributed by atoms with Crippen molar-refractivity contribution in [2.45, 2.75) is 0 Å². The van der Waals surface area contributed by atoms with Crippen LogP contribution in [0.25, 0.3) is 0 Å². The predicted molar refractivity (Wildman–Crippen MR) is 62.7 cm³/mol. The molecule has 1 rings (SSSR count). The van der Waals surface area contributed by atoms with E-state index >= 15 is 0 Å². The smallest absolute Gasteiger partial charge is 0.152 e. The van der Waals surface area contributed by atoms with Gasteiger partial charge in [-0.25, -0.2) is 0 Å². The maximum atomic E-state index is 8.11. The van der Waals surface area contributed by atoms with Crippen LogP contribution >= 0.6 is 0 Å². The molecule has 10 nitrogen and oxygen atoms in total. The van der Waals surface area contributed by atoms with Crippen LogP contribution < -0.4 is 4.98 Å². The van der Waals surface area contributed by atoms with Crippen LogP contribution in [0.2, 0.25) is 0 Å². The van der Waals surface area contributed by atoms with Crippen LogP contribution in [-0.2, 0) is 0 Å². The Morgan fingerprint density at radius 2 is 1.18 bits per heavy atom. The highest BCUT2D eigenvalue weighted by atomic mass is 28.2. The molecule has 96 valence electrons. The molecule has 0 spiro atoms. The van der Waals surface area contributed by atoms with Crippen LogP contribution in [0, 0.1) is 14.7 Å². The monoisotopic (exact) mass is 264 g/mol. The molecule has 1 aromatic carbocycles. The molecule has 0 unspecified atom stereocenters. The van der Waals surface area contributed by atoms with Crippen molar-refractivity contribution in [2.24, 2.45) is 16.0 Å². The number of hydrogen-bond acceptors (Lipinski definition) is 7. The van der Waals surface area contributed by atoms with E-state index in [0.29, 0.717) is 0 Å². The number of hydrogen-bond donors (Lipinski definition) is 4. The summed E-state index contributed by atoms with van der Waals surface area (Å²) in [5, 5.41) is 23.7. The SMILES string of the molecule is O=NO.O=NO.O=NO.[SiH3]Nc1ccccc1. The van der Waals surface area contributed by atoms with Gasteiger partial charge in [-0.3, -0.25) is 0 Å². The Hall–Kier alpha value is -2.56. The Balaban J connectivity index is -0.000000184. The van der Waals surface area contributed by atoms with E-state index < -0.39 is 0 Å². The summed E-state index contributed by atoms with van der Waals surface area (Å²) in [6, 6.07) is 10.2. The lowest BCUT2D eigenvalue weighted by Gasteiger charge is -1.94. The molecule has 0 amide bonds. The second-order valence-electron chi connectivity index (χ2n) is 1.86. The van der Waals surface area contributed by atoms with Gasteiger partial charge in [0.2, 0.25) is 0 Å². The van der Waals surface area contributed by atoms with Crippen molar-refractivity contribution in [3.63, 3.8) is 0 Å². The first-order valence-electron chi connectivity index (χ1n) is 3.81. The molecule has 0 aliphatic rings. The zero-order valence-electron chi connectivity index (χ0n) is 8.79. The summed E-state index contributed by atoms with van der Waals surface area (Å²) < 4.78 is 0. The van der Waals surface area contributed by atoms with Gasteiger partial charge in [0.15, 0.2) is 16.0 Å². The largest absolute Gasteiger partial charge is 0.419 e. The Labute approximate surface area is 98.6 Å². The molecule has 1 aromatic rings. The Bertz CT molecular complexity index is 260. The lowest BCUT2D eigenvalue weighted by molar-refractivity contribution is 0.312. The fourth-order valence-corrected chi connectivity index (χ4v) is 0.938. The number of anilines is 1. The molecule has 0 heterocycles. The van der Waals surface area contributed by atoms with Gasteiger partial charge in [0.25, 0.3) is 0 Å². The van der Waals surface area contributed by atoms with Gasteiger partial charge in [-0.2, -0.15) is 0 Å². The van der Waals surface area contributed by atoms with Crippen molar-refractivity contribution in [1.29, 1.82) is 0 Å². The van der Waals surface area contributed by atoms with Crippen molar-refractivity contribution in [1.82, 2.24) is 0 Å². The van der Waals surface area contributed by atoms with Crippen LogP contribution in [0.3, 0.4) is 0 Å². The first-order valence-corrected chi connectivity index (χ1v) is 4.81. The number of nitrogens with one attached hydrogen (secondary N) is 1. The van der Waals surface area contributed by atoms with E-state index in [-0.39, 0.29) is 0 Å². The summed E-state index contributed by atoms with van der Waals surface area (Å²) in [4.78, 5) is 27.5. The molecule has 17 heavy (non-hydrogen) atoms. The molecule has 0 aromatic heterocycles. The van der Waals surface area contributed by atoms with Crippen molar-refractivity contribution >= 4 is 16.1 Å². The van der Waals surface area contributed by atoms with E-state index in [1.165, 1.54) is 21.7 Å². The maximum Gasteiger partial charge on any atom is 0.152 e. The van der Waals surface area contributed by atoms with Gasteiger partial charge in [0.05, 0.1) is 0 Å². The lowest BCUT2D eigenvalue weighted by Crippen LogP contribution is -1.87. The average molecular weight is 264 g/mol.